The fraction of sp³-hybridized carbons (Fsp3) is 0.600. The fourth-order valence-electron chi connectivity index (χ4n) is 2.27. The van der Waals surface area contributed by atoms with Gasteiger partial charge in [0.15, 0.2) is 0 Å². The Morgan fingerprint density at radius 2 is 1.70 bits per heavy atom. The van der Waals surface area contributed by atoms with Crippen molar-refractivity contribution in [2.75, 3.05) is 13.7 Å². The maximum atomic E-state index is 12.6. The summed E-state index contributed by atoms with van der Waals surface area (Å²) >= 11 is 0. The molecule has 20 heavy (non-hydrogen) atoms. The second-order valence-electron chi connectivity index (χ2n) is 5.05. The van der Waals surface area contributed by atoms with Gasteiger partial charge in [-0.25, -0.2) is 0 Å². The van der Waals surface area contributed by atoms with Gasteiger partial charge in [-0.3, -0.25) is 0 Å². The van der Waals surface area contributed by atoms with Gasteiger partial charge in [-0.05, 0) is 37.6 Å². The molecule has 0 aliphatic carbocycles. The van der Waals surface area contributed by atoms with Gasteiger partial charge in [-0.15, -0.1) is 0 Å². The molecule has 0 aliphatic heterocycles. The van der Waals surface area contributed by atoms with Crippen LogP contribution in [0, 0.1) is 5.92 Å². The number of rotatable bonds is 6. The molecular formula is C15H22F3NO. The molecule has 2 unspecified atom stereocenters. The summed E-state index contributed by atoms with van der Waals surface area (Å²) in [5, 5.41) is 3.14. The van der Waals surface area contributed by atoms with E-state index in [-0.39, 0.29) is 18.1 Å². The molecule has 0 saturated carbocycles. The molecule has 0 fully saturated rings. The van der Waals surface area contributed by atoms with Crippen LogP contribution in [0.5, 0.6) is 0 Å². The standard InChI is InChI=1S/C15H22F3NO/c1-5-20-14(10(2)3)13(19-4)11-6-8-12(9-7-11)15(16,17)18/h6-10,13-14,19H,5H2,1-4H3. The Kier molecular flexibility index (Phi) is 6.02. The van der Waals surface area contributed by atoms with Crippen LogP contribution in [0.2, 0.25) is 0 Å². The van der Waals surface area contributed by atoms with Crippen molar-refractivity contribution >= 4 is 0 Å². The summed E-state index contributed by atoms with van der Waals surface area (Å²) in [6.07, 6.45) is -4.38. The van der Waals surface area contributed by atoms with Crippen LogP contribution in [0.25, 0.3) is 0 Å². The van der Waals surface area contributed by atoms with E-state index in [0.29, 0.717) is 6.61 Å². The number of ether oxygens (including phenoxy) is 1. The monoisotopic (exact) mass is 289 g/mol. The molecule has 1 N–H and O–H groups in total. The van der Waals surface area contributed by atoms with Gasteiger partial charge in [0.1, 0.15) is 0 Å². The Morgan fingerprint density at radius 3 is 2.05 bits per heavy atom. The number of halogens is 3. The average molecular weight is 289 g/mol. The van der Waals surface area contributed by atoms with Gasteiger partial charge in [0.25, 0.3) is 0 Å². The van der Waals surface area contributed by atoms with Gasteiger partial charge in [0.05, 0.1) is 17.7 Å². The molecule has 1 aromatic carbocycles. The largest absolute Gasteiger partial charge is 0.416 e. The number of likely N-dealkylation sites (N-methyl/N-ethyl adjacent to an activating group) is 1. The summed E-state index contributed by atoms with van der Waals surface area (Å²) in [4.78, 5) is 0. The quantitative estimate of drug-likeness (QED) is 0.854. The van der Waals surface area contributed by atoms with Crippen molar-refractivity contribution < 1.29 is 17.9 Å². The van der Waals surface area contributed by atoms with Crippen molar-refractivity contribution in [3.8, 4) is 0 Å². The molecule has 0 saturated heterocycles. The summed E-state index contributed by atoms with van der Waals surface area (Å²) in [6, 6.07) is 5.13. The molecule has 2 nitrogen and oxygen atoms in total. The topological polar surface area (TPSA) is 21.3 Å². The molecule has 0 spiro atoms. The van der Waals surface area contributed by atoms with E-state index in [2.05, 4.69) is 5.32 Å². The zero-order valence-electron chi connectivity index (χ0n) is 12.3. The molecule has 0 aromatic heterocycles. The Bertz CT molecular complexity index is 401. The van der Waals surface area contributed by atoms with Gasteiger partial charge < -0.3 is 10.1 Å². The lowest BCUT2D eigenvalue weighted by atomic mass is 9.93. The molecule has 0 aliphatic rings. The van der Waals surface area contributed by atoms with Crippen LogP contribution < -0.4 is 5.32 Å². The third-order valence-electron chi connectivity index (χ3n) is 3.25. The predicted molar refractivity (Wildman–Crippen MR) is 73.5 cm³/mol. The predicted octanol–water partition coefficient (Wildman–Crippen LogP) is 4.03. The first kappa shape index (κ1) is 17.0. The lowest BCUT2D eigenvalue weighted by Gasteiger charge is -2.30. The maximum Gasteiger partial charge on any atom is 0.416 e. The summed E-state index contributed by atoms with van der Waals surface area (Å²) in [5.74, 6) is 0.259. The normalized spacial score (nSPS) is 15.4. The van der Waals surface area contributed by atoms with Crippen molar-refractivity contribution in [2.45, 2.75) is 39.1 Å². The molecule has 0 bridgehead atoms. The van der Waals surface area contributed by atoms with Crippen LogP contribution in [0.3, 0.4) is 0 Å². The first-order valence-corrected chi connectivity index (χ1v) is 6.77. The van der Waals surface area contributed by atoms with Gasteiger partial charge in [0.2, 0.25) is 0 Å². The van der Waals surface area contributed by atoms with Gasteiger partial charge >= 0.3 is 6.18 Å². The Balaban J connectivity index is 3.00. The third-order valence-corrected chi connectivity index (χ3v) is 3.25. The van der Waals surface area contributed by atoms with Crippen LogP contribution in [0.1, 0.15) is 37.9 Å². The van der Waals surface area contributed by atoms with Gasteiger partial charge in [-0.2, -0.15) is 13.2 Å². The van der Waals surface area contributed by atoms with Crippen LogP contribution in [0.15, 0.2) is 24.3 Å². The van der Waals surface area contributed by atoms with Crippen LogP contribution in [-0.4, -0.2) is 19.8 Å². The summed E-state index contributed by atoms with van der Waals surface area (Å²) < 4.78 is 43.4. The Hall–Kier alpha value is -1.07. The van der Waals surface area contributed by atoms with Crippen molar-refractivity contribution in [1.29, 1.82) is 0 Å². The van der Waals surface area contributed by atoms with E-state index in [4.69, 9.17) is 4.74 Å². The van der Waals surface area contributed by atoms with Gasteiger partial charge in [-0.1, -0.05) is 26.0 Å². The highest BCUT2D eigenvalue weighted by molar-refractivity contribution is 5.27. The van der Waals surface area contributed by atoms with Crippen molar-refractivity contribution in [2.24, 2.45) is 5.92 Å². The summed E-state index contributed by atoms with van der Waals surface area (Å²) in [6.45, 7) is 6.56. The number of nitrogens with one attached hydrogen (secondary N) is 1. The van der Waals surface area contributed by atoms with E-state index in [1.165, 1.54) is 12.1 Å². The lowest BCUT2D eigenvalue weighted by molar-refractivity contribution is -0.137. The second-order valence-corrected chi connectivity index (χ2v) is 5.05. The van der Waals surface area contributed by atoms with Crippen molar-refractivity contribution in [3.63, 3.8) is 0 Å². The molecule has 0 radical (unpaired) electrons. The minimum atomic E-state index is -4.30. The SMILES string of the molecule is CCOC(C(C)C)C(NC)c1ccc(C(F)(F)F)cc1. The van der Waals surface area contributed by atoms with Crippen molar-refractivity contribution in [1.82, 2.24) is 5.32 Å². The van der Waals surface area contributed by atoms with E-state index >= 15 is 0 Å². The highest BCUT2D eigenvalue weighted by atomic mass is 19.4. The first-order valence-electron chi connectivity index (χ1n) is 6.77. The van der Waals surface area contributed by atoms with Crippen molar-refractivity contribution in [3.05, 3.63) is 35.4 Å². The van der Waals surface area contributed by atoms with Crippen LogP contribution in [-0.2, 0) is 10.9 Å². The van der Waals surface area contributed by atoms with Gasteiger partial charge in [0, 0.05) is 6.61 Å². The molecule has 2 atom stereocenters. The zero-order chi connectivity index (χ0) is 15.3. The Morgan fingerprint density at radius 1 is 1.15 bits per heavy atom. The molecule has 0 heterocycles. The first-order chi connectivity index (χ1) is 9.31. The number of benzene rings is 1. The smallest absolute Gasteiger partial charge is 0.376 e. The van der Waals surface area contributed by atoms with Crippen LogP contribution in [0.4, 0.5) is 13.2 Å². The lowest BCUT2D eigenvalue weighted by Crippen LogP contribution is -2.35. The summed E-state index contributed by atoms with van der Waals surface area (Å²) in [7, 11) is 1.79. The molecule has 1 aromatic rings. The number of alkyl halides is 3. The minimum absolute atomic E-state index is 0.0817. The molecule has 0 amide bonds. The highest BCUT2D eigenvalue weighted by Crippen LogP contribution is 2.31. The molecular weight excluding hydrogens is 267 g/mol. The van der Waals surface area contributed by atoms with E-state index in [9.17, 15) is 13.2 Å². The molecule has 1 rings (SSSR count). The van der Waals surface area contributed by atoms with E-state index < -0.39 is 11.7 Å². The minimum Gasteiger partial charge on any atom is -0.376 e. The fourth-order valence-corrected chi connectivity index (χ4v) is 2.27. The number of hydrogen-bond acceptors (Lipinski definition) is 2. The van der Waals surface area contributed by atoms with E-state index in [1.807, 2.05) is 20.8 Å². The molecule has 5 heteroatoms. The second kappa shape index (κ2) is 7.09. The van der Waals surface area contributed by atoms with E-state index in [0.717, 1.165) is 17.7 Å². The Labute approximate surface area is 118 Å². The third kappa shape index (κ3) is 4.21. The number of hydrogen-bond donors (Lipinski definition) is 1. The van der Waals surface area contributed by atoms with Crippen LogP contribution >= 0.6 is 0 Å². The zero-order valence-corrected chi connectivity index (χ0v) is 12.3. The average Bonchev–Trinajstić information content (AvgIpc) is 2.38. The molecule has 114 valence electrons. The van der Waals surface area contributed by atoms with E-state index in [1.54, 1.807) is 7.05 Å². The summed E-state index contributed by atoms with van der Waals surface area (Å²) in [5.41, 5.74) is 0.168. The maximum absolute atomic E-state index is 12.6. The highest BCUT2D eigenvalue weighted by Gasteiger charge is 2.31.